The number of thiocarbonyl (C=S) groups is 1. The van der Waals surface area contributed by atoms with E-state index in [-0.39, 0.29) is 0 Å². The number of benzene rings is 1. The first-order valence-corrected chi connectivity index (χ1v) is 6.93. The molecule has 0 aliphatic rings. The number of nitrogens with two attached hydrogens (primary N) is 1. The molecule has 0 atom stereocenters. The van der Waals surface area contributed by atoms with Gasteiger partial charge in [0, 0.05) is 28.9 Å². The zero-order valence-corrected chi connectivity index (χ0v) is 12.6. The summed E-state index contributed by atoms with van der Waals surface area (Å²) in [5.74, 6) is 0.812. The summed E-state index contributed by atoms with van der Waals surface area (Å²) >= 11 is 8.25. The number of halogens is 1. The zero-order valence-electron chi connectivity index (χ0n) is 10.2. The van der Waals surface area contributed by atoms with Crippen molar-refractivity contribution in [1.29, 1.82) is 0 Å². The summed E-state index contributed by atoms with van der Waals surface area (Å²) in [6, 6.07) is 9.74. The summed E-state index contributed by atoms with van der Waals surface area (Å²) in [6.45, 7) is 0.487. The molecule has 0 bridgehead atoms. The quantitative estimate of drug-likeness (QED) is 0.851. The van der Waals surface area contributed by atoms with E-state index in [9.17, 15) is 0 Å². The Balaban J connectivity index is 1.94. The van der Waals surface area contributed by atoms with Crippen LogP contribution < -0.4 is 10.5 Å². The predicted octanol–water partition coefficient (Wildman–Crippen LogP) is 3.25. The lowest BCUT2D eigenvalue weighted by Gasteiger charge is -2.07. The number of hydrogen-bond acceptors (Lipinski definition) is 3. The Morgan fingerprint density at radius 3 is 2.58 bits per heavy atom. The van der Waals surface area contributed by atoms with Gasteiger partial charge >= 0.3 is 0 Å². The molecule has 1 aromatic heterocycles. The van der Waals surface area contributed by atoms with Gasteiger partial charge in [-0.1, -0.05) is 24.4 Å². The van der Waals surface area contributed by atoms with E-state index in [1.807, 2.05) is 30.3 Å². The van der Waals surface area contributed by atoms with E-state index in [0.29, 0.717) is 18.0 Å². The summed E-state index contributed by atoms with van der Waals surface area (Å²) in [6.07, 6.45) is 4.14. The Hall–Kier alpha value is -1.46. The van der Waals surface area contributed by atoms with E-state index in [2.05, 4.69) is 20.9 Å². The third-order valence-electron chi connectivity index (χ3n) is 2.47. The average molecular weight is 337 g/mol. The Morgan fingerprint density at radius 1 is 1.21 bits per heavy atom. The Labute approximate surface area is 125 Å². The van der Waals surface area contributed by atoms with Crippen molar-refractivity contribution in [3.8, 4) is 5.75 Å². The fourth-order valence-electron chi connectivity index (χ4n) is 1.61. The minimum atomic E-state index is 0.487. The van der Waals surface area contributed by atoms with Gasteiger partial charge in [-0.05, 0) is 39.7 Å². The molecule has 0 saturated carbocycles. The number of hydrogen-bond donors (Lipinski definition) is 1. The largest absolute Gasteiger partial charge is 0.489 e. The van der Waals surface area contributed by atoms with Crippen molar-refractivity contribution in [3.05, 3.63) is 58.3 Å². The Bertz CT molecular complexity index is 572. The Kier molecular flexibility index (Phi) is 4.87. The second-order valence-corrected chi connectivity index (χ2v) is 5.53. The highest BCUT2D eigenvalue weighted by Gasteiger charge is 1.99. The molecule has 2 N–H and O–H groups in total. The van der Waals surface area contributed by atoms with Crippen molar-refractivity contribution in [1.82, 2.24) is 4.98 Å². The van der Waals surface area contributed by atoms with Crippen molar-refractivity contribution in [2.45, 2.75) is 13.0 Å². The predicted molar refractivity (Wildman–Crippen MR) is 83.2 cm³/mol. The average Bonchev–Trinajstić information content (AvgIpc) is 2.37. The molecule has 3 nitrogen and oxygen atoms in total. The molecule has 98 valence electrons. The van der Waals surface area contributed by atoms with Gasteiger partial charge in [0.25, 0.3) is 0 Å². The highest BCUT2D eigenvalue weighted by molar-refractivity contribution is 9.10. The molecule has 2 aromatic rings. The van der Waals surface area contributed by atoms with Crippen molar-refractivity contribution < 1.29 is 4.74 Å². The van der Waals surface area contributed by atoms with Crippen molar-refractivity contribution in [2.75, 3.05) is 0 Å². The van der Waals surface area contributed by atoms with Gasteiger partial charge in [-0.15, -0.1) is 0 Å². The Morgan fingerprint density at radius 2 is 1.95 bits per heavy atom. The van der Waals surface area contributed by atoms with Gasteiger partial charge in [0.05, 0.1) is 4.99 Å². The summed E-state index contributed by atoms with van der Waals surface area (Å²) in [5, 5.41) is 0. The topological polar surface area (TPSA) is 48.1 Å². The molecule has 0 fully saturated rings. The van der Waals surface area contributed by atoms with Crippen molar-refractivity contribution >= 4 is 33.1 Å². The molecule has 0 amide bonds. The van der Waals surface area contributed by atoms with Crippen LogP contribution in [0.15, 0.2) is 47.2 Å². The van der Waals surface area contributed by atoms with E-state index >= 15 is 0 Å². The summed E-state index contributed by atoms with van der Waals surface area (Å²) in [7, 11) is 0. The smallest absolute Gasteiger partial charge is 0.119 e. The van der Waals surface area contributed by atoms with E-state index in [0.717, 1.165) is 21.3 Å². The minimum Gasteiger partial charge on any atom is -0.489 e. The molecular formula is C14H13BrN2OS. The summed E-state index contributed by atoms with van der Waals surface area (Å²) in [5.41, 5.74) is 7.60. The first kappa shape index (κ1) is 14.0. The molecule has 0 unspecified atom stereocenters. The van der Waals surface area contributed by atoms with Crippen molar-refractivity contribution in [3.63, 3.8) is 0 Å². The second kappa shape index (κ2) is 6.63. The molecule has 0 aliphatic carbocycles. The second-order valence-electron chi connectivity index (χ2n) is 4.09. The molecule has 0 radical (unpaired) electrons. The number of nitrogens with zero attached hydrogens (tertiary/aromatic N) is 1. The maximum Gasteiger partial charge on any atom is 0.119 e. The number of ether oxygens (including phenoxy) is 1. The van der Waals surface area contributed by atoms with Crippen LogP contribution in [-0.4, -0.2) is 9.97 Å². The molecule has 1 aromatic carbocycles. The lowest BCUT2D eigenvalue weighted by atomic mass is 10.1. The number of pyridine rings is 1. The molecular weight excluding hydrogens is 324 g/mol. The molecule has 5 heteroatoms. The van der Waals surface area contributed by atoms with Gasteiger partial charge < -0.3 is 10.5 Å². The standard InChI is InChI=1S/C14H13BrN2OS/c15-12-5-11(7-17-8-12)9-18-13-3-1-10(2-4-13)6-14(16)19/h1-5,7-8H,6,9H2,(H2,16,19). The number of rotatable bonds is 5. The van der Waals surface area contributed by atoms with Crippen LogP contribution in [0.3, 0.4) is 0 Å². The summed E-state index contributed by atoms with van der Waals surface area (Å²) in [4.78, 5) is 4.58. The van der Waals surface area contributed by atoms with Gasteiger partial charge in [0.15, 0.2) is 0 Å². The molecule has 0 aliphatic heterocycles. The van der Waals surface area contributed by atoms with E-state index in [1.54, 1.807) is 12.4 Å². The minimum absolute atomic E-state index is 0.487. The lowest BCUT2D eigenvalue weighted by molar-refractivity contribution is 0.305. The fourth-order valence-corrected chi connectivity index (χ4v) is 2.19. The fraction of sp³-hybridized carbons (Fsp3) is 0.143. The first-order valence-electron chi connectivity index (χ1n) is 5.73. The van der Waals surface area contributed by atoms with Crippen LogP contribution in [0.5, 0.6) is 5.75 Å². The normalized spacial score (nSPS) is 10.2. The van der Waals surface area contributed by atoms with Gasteiger partial charge in [0.1, 0.15) is 12.4 Å². The van der Waals surface area contributed by atoms with Gasteiger partial charge in [-0.2, -0.15) is 0 Å². The molecule has 19 heavy (non-hydrogen) atoms. The molecule has 0 spiro atoms. The molecule has 0 saturated heterocycles. The van der Waals surface area contributed by atoms with Crippen LogP contribution in [-0.2, 0) is 13.0 Å². The van der Waals surface area contributed by atoms with E-state index in [4.69, 9.17) is 22.7 Å². The van der Waals surface area contributed by atoms with Gasteiger partial charge in [-0.25, -0.2) is 0 Å². The van der Waals surface area contributed by atoms with Crippen LogP contribution in [0.4, 0.5) is 0 Å². The van der Waals surface area contributed by atoms with Crippen LogP contribution in [0, 0.1) is 0 Å². The van der Waals surface area contributed by atoms with Gasteiger partial charge in [-0.3, -0.25) is 4.98 Å². The highest BCUT2D eigenvalue weighted by atomic mass is 79.9. The van der Waals surface area contributed by atoms with E-state index in [1.165, 1.54) is 0 Å². The zero-order chi connectivity index (χ0) is 13.7. The first-order chi connectivity index (χ1) is 9.13. The SMILES string of the molecule is NC(=S)Cc1ccc(OCc2cncc(Br)c2)cc1. The van der Waals surface area contributed by atoms with Crippen LogP contribution >= 0.6 is 28.1 Å². The van der Waals surface area contributed by atoms with E-state index < -0.39 is 0 Å². The third kappa shape index (κ3) is 4.61. The maximum absolute atomic E-state index is 5.68. The third-order valence-corrected chi connectivity index (χ3v) is 3.05. The molecule has 1 heterocycles. The van der Waals surface area contributed by atoms with Gasteiger partial charge in [0.2, 0.25) is 0 Å². The van der Waals surface area contributed by atoms with Crippen molar-refractivity contribution in [2.24, 2.45) is 5.73 Å². The maximum atomic E-state index is 5.68. The number of aromatic nitrogens is 1. The summed E-state index contributed by atoms with van der Waals surface area (Å²) < 4.78 is 6.63. The highest BCUT2D eigenvalue weighted by Crippen LogP contribution is 2.16. The lowest BCUT2D eigenvalue weighted by Crippen LogP contribution is -2.10. The van der Waals surface area contributed by atoms with Crippen LogP contribution in [0.2, 0.25) is 0 Å². The molecule has 2 rings (SSSR count). The van der Waals surface area contributed by atoms with Crippen LogP contribution in [0.25, 0.3) is 0 Å². The monoisotopic (exact) mass is 336 g/mol. The van der Waals surface area contributed by atoms with Crippen LogP contribution in [0.1, 0.15) is 11.1 Å².